The van der Waals surface area contributed by atoms with Crippen LogP contribution in [0.3, 0.4) is 0 Å². The summed E-state index contributed by atoms with van der Waals surface area (Å²) in [6, 6.07) is 18.5. The molecule has 8 nitrogen and oxygen atoms in total. The predicted octanol–water partition coefficient (Wildman–Crippen LogP) is 6.34. The standard InChI is InChI=1S/C31H24F2N4O4S/c1-34-31(38)29-23-15-22(18-10-11-35-25(13-18)26-14-19-12-21(33)8-9-24(19)36-26)27(37(2)42(3,39)40)16-28(23)41-30(29)17-4-6-20(32)7-5-17/h4-16,36H,1-3H3,(H,34,38). The summed E-state index contributed by atoms with van der Waals surface area (Å²) in [6.45, 7) is 0. The number of hydrogen-bond acceptors (Lipinski definition) is 5. The number of aromatic amines is 1. The molecule has 0 saturated carbocycles. The Morgan fingerprint density at radius 1 is 0.952 bits per heavy atom. The average molecular weight is 587 g/mol. The molecule has 0 spiro atoms. The summed E-state index contributed by atoms with van der Waals surface area (Å²) in [7, 11) is -0.788. The van der Waals surface area contributed by atoms with E-state index in [0.717, 1.165) is 16.1 Å². The van der Waals surface area contributed by atoms with Crippen molar-refractivity contribution in [2.24, 2.45) is 0 Å². The number of furan rings is 1. The lowest BCUT2D eigenvalue weighted by Gasteiger charge is -2.21. The van der Waals surface area contributed by atoms with Crippen LogP contribution < -0.4 is 9.62 Å². The van der Waals surface area contributed by atoms with Crippen LogP contribution in [0.15, 0.2) is 83.4 Å². The number of H-pyrrole nitrogens is 1. The number of nitrogens with zero attached hydrogens (tertiary/aromatic N) is 2. The van der Waals surface area contributed by atoms with Gasteiger partial charge in [-0.05, 0) is 72.3 Å². The lowest BCUT2D eigenvalue weighted by molar-refractivity contribution is 0.0964. The number of carbonyl (C=O) groups is 1. The summed E-state index contributed by atoms with van der Waals surface area (Å²) >= 11 is 0. The van der Waals surface area contributed by atoms with Crippen molar-refractivity contribution in [2.75, 3.05) is 24.7 Å². The summed E-state index contributed by atoms with van der Waals surface area (Å²) < 4.78 is 60.1. The SMILES string of the molecule is CNC(=O)c1c(-c2ccc(F)cc2)oc2cc(N(C)S(C)(=O)=O)c(-c3ccnc(-c4cc5cc(F)ccc5[nH]4)c3)cc12. The van der Waals surface area contributed by atoms with E-state index in [-0.39, 0.29) is 22.7 Å². The number of anilines is 1. The third-order valence-electron chi connectivity index (χ3n) is 7.13. The number of halogens is 2. The number of carbonyl (C=O) groups excluding carboxylic acids is 1. The van der Waals surface area contributed by atoms with E-state index in [4.69, 9.17) is 4.42 Å². The number of sulfonamides is 1. The minimum Gasteiger partial charge on any atom is -0.455 e. The maximum absolute atomic E-state index is 13.8. The highest BCUT2D eigenvalue weighted by Gasteiger charge is 2.26. The van der Waals surface area contributed by atoms with E-state index in [9.17, 15) is 22.0 Å². The van der Waals surface area contributed by atoms with Crippen LogP contribution >= 0.6 is 0 Å². The largest absolute Gasteiger partial charge is 0.455 e. The Kier molecular flexibility index (Phi) is 6.53. The van der Waals surface area contributed by atoms with Crippen molar-refractivity contribution < 1.29 is 26.4 Å². The third kappa shape index (κ3) is 4.77. The summed E-state index contributed by atoms with van der Waals surface area (Å²) in [5.74, 6) is -1.01. The molecule has 3 aromatic heterocycles. The Morgan fingerprint density at radius 3 is 2.40 bits per heavy atom. The monoisotopic (exact) mass is 586 g/mol. The van der Waals surface area contributed by atoms with Gasteiger partial charge in [0.15, 0.2) is 0 Å². The predicted molar refractivity (Wildman–Crippen MR) is 159 cm³/mol. The Labute approximate surface area is 239 Å². The van der Waals surface area contributed by atoms with Crippen molar-refractivity contribution >= 4 is 43.5 Å². The van der Waals surface area contributed by atoms with Gasteiger partial charge in [0.05, 0.1) is 28.9 Å². The number of nitrogens with one attached hydrogen (secondary N) is 2. The Balaban J connectivity index is 1.60. The van der Waals surface area contributed by atoms with Gasteiger partial charge in [-0.15, -0.1) is 0 Å². The molecule has 3 heterocycles. The summed E-state index contributed by atoms with van der Waals surface area (Å²) in [5, 5.41) is 3.75. The first kappa shape index (κ1) is 27.2. The van der Waals surface area contributed by atoms with E-state index in [2.05, 4.69) is 15.3 Å². The van der Waals surface area contributed by atoms with Crippen LogP contribution in [0.4, 0.5) is 14.5 Å². The van der Waals surface area contributed by atoms with Crippen molar-refractivity contribution in [3.05, 3.63) is 96.2 Å². The van der Waals surface area contributed by atoms with Crippen molar-refractivity contribution in [3.8, 4) is 33.8 Å². The number of benzene rings is 3. The molecule has 212 valence electrons. The van der Waals surface area contributed by atoms with Gasteiger partial charge in [-0.3, -0.25) is 14.1 Å². The minimum absolute atomic E-state index is 0.218. The van der Waals surface area contributed by atoms with Gasteiger partial charge >= 0.3 is 0 Å². The second-order valence-electron chi connectivity index (χ2n) is 9.83. The zero-order chi connectivity index (χ0) is 29.8. The number of pyridine rings is 1. The third-order valence-corrected chi connectivity index (χ3v) is 8.32. The number of fused-ring (bicyclic) bond motifs is 2. The van der Waals surface area contributed by atoms with E-state index < -0.39 is 21.7 Å². The quantitative estimate of drug-likeness (QED) is 0.237. The Hall–Kier alpha value is -5.03. The summed E-state index contributed by atoms with van der Waals surface area (Å²) in [5.41, 5.74) is 4.32. The van der Waals surface area contributed by atoms with E-state index in [1.165, 1.54) is 50.5 Å². The van der Waals surface area contributed by atoms with Crippen LogP contribution in [0.25, 0.3) is 55.7 Å². The molecular formula is C31H24F2N4O4S. The second kappa shape index (κ2) is 10.1. The van der Waals surface area contributed by atoms with E-state index >= 15 is 0 Å². The van der Waals surface area contributed by atoms with Gasteiger partial charge < -0.3 is 14.7 Å². The molecule has 6 rings (SSSR count). The van der Waals surface area contributed by atoms with E-state index in [1.807, 2.05) is 0 Å². The second-order valence-corrected chi connectivity index (χ2v) is 11.8. The van der Waals surface area contributed by atoms with Crippen molar-refractivity contribution in [1.82, 2.24) is 15.3 Å². The molecule has 6 aromatic rings. The zero-order valence-electron chi connectivity index (χ0n) is 22.7. The lowest BCUT2D eigenvalue weighted by Crippen LogP contribution is -2.25. The van der Waals surface area contributed by atoms with E-state index in [0.29, 0.717) is 44.5 Å². The molecule has 0 aliphatic rings. The first-order valence-corrected chi connectivity index (χ1v) is 14.7. The van der Waals surface area contributed by atoms with Crippen LogP contribution in [-0.4, -0.2) is 44.6 Å². The van der Waals surface area contributed by atoms with Crippen LogP contribution in [0.5, 0.6) is 0 Å². The van der Waals surface area contributed by atoms with Crippen molar-refractivity contribution in [3.63, 3.8) is 0 Å². The number of amides is 1. The average Bonchev–Trinajstić information content (AvgIpc) is 3.56. The van der Waals surface area contributed by atoms with E-state index in [1.54, 1.807) is 42.6 Å². The minimum atomic E-state index is -3.71. The maximum atomic E-state index is 13.8. The van der Waals surface area contributed by atoms with Gasteiger partial charge in [0.25, 0.3) is 5.91 Å². The maximum Gasteiger partial charge on any atom is 0.255 e. The lowest BCUT2D eigenvalue weighted by atomic mass is 9.98. The summed E-state index contributed by atoms with van der Waals surface area (Å²) in [4.78, 5) is 20.8. The normalized spacial score (nSPS) is 11.7. The molecule has 0 radical (unpaired) electrons. The van der Waals surface area contributed by atoms with Crippen LogP contribution in [0.2, 0.25) is 0 Å². The molecule has 0 bridgehead atoms. The fourth-order valence-corrected chi connectivity index (χ4v) is 5.45. The van der Waals surface area contributed by atoms with Gasteiger partial charge in [0.2, 0.25) is 10.0 Å². The topological polar surface area (TPSA) is 108 Å². The van der Waals surface area contributed by atoms with Gasteiger partial charge in [0.1, 0.15) is 23.0 Å². The van der Waals surface area contributed by atoms with Crippen LogP contribution in [0.1, 0.15) is 10.4 Å². The number of rotatable bonds is 6. The van der Waals surface area contributed by atoms with Crippen LogP contribution in [0, 0.1) is 11.6 Å². The first-order valence-electron chi connectivity index (χ1n) is 12.8. The first-order chi connectivity index (χ1) is 20.0. The highest BCUT2D eigenvalue weighted by atomic mass is 32.2. The van der Waals surface area contributed by atoms with Gasteiger partial charge in [-0.2, -0.15) is 0 Å². The molecule has 0 fully saturated rings. The molecule has 0 aliphatic heterocycles. The highest BCUT2D eigenvalue weighted by Crippen LogP contribution is 2.42. The summed E-state index contributed by atoms with van der Waals surface area (Å²) in [6.07, 6.45) is 2.68. The molecule has 42 heavy (non-hydrogen) atoms. The van der Waals surface area contributed by atoms with Crippen molar-refractivity contribution in [2.45, 2.75) is 0 Å². The highest BCUT2D eigenvalue weighted by molar-refractivity contribution is 7.92. The van der Waals surface area contributed by atoms with Crippen molar-refractivity contribution in [1.29, 1.82) is 0 Å². The molecule has 2 N–H and O–H groups in total. The molecule has 0 aliphatic carbocycles. The fraction of sp³-hybridized carbons (Fsp3) is 0.0968. The fourth-order valence-electron chi connectivity index (χ4n) is 4.94. The molecule has 0 unspecified atom stereocenters. The van der Waals surface area contributed by atoms with Gasteiger partial charge in [-0.1, -0.05) is 0 Å². The number of hydrogen-bond donors (Lipinski definition) is 2. The van der Waals surface area contributed by atoms with Crippen LogP contribution in [-0.2, 0) is 10.0 Å². The molecule has 0 saturated heterocycles. The van der Waals surface area contributed by atoms with Gasteiger partial charge in [0, 0.05) is 53.8 Å². The molecule has 1 amide bonds. The molecule has 11 heteroatoms. The smallest absolute Gasteiger partial charge is 0.255 e. The Morgan fingerprint density at radius 2 is 1.69 bits per heavy atom. The molecular weight excluding hydrogens is 562 g/mol. The molecule has 0 atom stereocenters. The molecule has 3 aromatic carbocycles. The number of aromatic nitrogens is 2. The zero-order valence-corrected chi connectivity index (χ0v) is 23.5. The van der Waals surface area contributed by atoms with Gasteiger partial charge in [-0.25, -0.2) is 17.2 Å². The Bertz CT molecular complexity index is 2120.